The van der Waals surface area contributed by atoms with Crippen LogP contribution in [0.1, 0.15) is 19.3 Å². The summed E-state index contributed by atoms with van der Waals surface area (Å²) in [6, 6.07) is 5.72. The lowest BCUT2D eigenvalue weighted by atomic mass is 9.97. The smallest absolute Gasteiger partial charge is 0.321 e. The number of likely N-dealkylation sites (tertiary alicyclic amines) is 2. The van der Waals surface area contributed by atoms with Crippen molar-refractivity contribution >= 4 is 30.0 Å². The highest BCUT2D eigenvalue weighted by molar-refractivity contribution is 5.90. The van der Waals surface area contributed by atoms with Crippen molar-refractivity contribution in [1.82, 2.24) is 9.80 Å². The van der Waals surface area contributed by atoms with Crippen LogP contribution in [0.2, 0.25) is 0 Å². The van der Waals surface area contributed by atoms with Gasteiger partial charge in [-0.1, -0.05) is 12.1 Å². The number of halogens is 2. The highest BCUT2D eigenvalue weighted by Gasteiger charge is 2.34. The molecule has 2 aliphatic rings. The molecule has 6 nitrogen and oxygen atoms in total. The molecule has 2 atom stereocenters. The molecule has 26 heavy (non-hydrogen) atoms. The molecule has 2 unspecified atom stereocenters. The van der Waals surface area contributed by atoms with Crippen LogP contribution in [0, 0.1) is 17.7 Å². The van der Waals surface area contributed by atoms with Gasteiger partial charge in [0.25, 0.3) is 0 Å². The number of nitrogens with zero attached hydrogens (tertiary/aromatic N) is 2. The Morgan fingerprint density at radius 1 is 1.15 bits per heavy atom. The van der Waals surface area contributed by atoms with Gasteiger partial charge in [-0.2, -0.15) is 0 Å². The average molecular weight is 385 g/mol. The summed E-state index contributed by atoms with van der Waals surface area (Å²) in [5, 5.41) is 2.60. The third-order valence-corrected chi connectivity index (χ3v) is 5.10. The van der Waals surface area contributed by atoms with Crippen molar-refractivity contribution in [2.45, 2.75) is 19.3 Å². The van der Waals surface area contributed by atoms with Crippen molar-refractivity contribution in [3.8, 4) is 0 Å². The van der Waals surface area contributed by atoms with E-state index < -0.39 is 5.82 Å². The normalized spacial score (nSPS) is 22.7. The maximum atomic E-state index is 13.7. The number of urea groups is 1. The van der Waals surface area contributed by atoms with Gasteiger partial charge in [0.2, 0.25) is 5.91 Å². The number of nitrogens with one attached hydrogen (secondary N) is 1. The van der Waals surface area contributed by atoms with Crippen LogP contribution in [-0.2, 0) is 4.79 Å². The molecule has 0 aromatic heterocycles. The minimum absolute atomic E-state index is 0. The number of amides is 3. The molecule has 8 heteroatoms. The van der Waals surface area contributed by atoms with Crippen LogP contribution in [0.25, 0.3) is 0 Å². The molecule has 2 aliphatic heterocycles. The van der Waals surface area contributed by atoms with Gasteiger partial charge in [-0.05, 0) is 43.9 Å². The molecule has 2 saturated heterocycles. The number of carbonyl (C=O) groups excluding carboxylic acids is 2. The maximum absolute atomic E-state index is 13.7. The number of hydrogen-bond acceptors (Lipinski definition) is 3. The van der Waals surface area contributed by atoms with E-state index in [1.54, 1.807) is 17.0 Å². The van der Waals surface area contributed by atoms with E-state index in [9.17, 15) is 14.0 Å². The summed E-state index contributed by atoms with van der Waals surface area (Å²) in [4.78, 5) is 28.6. The van der Waals surface area contributed by atoms with E-state index in [0.717, 1.165) is 25.8 Å². The van der Waals surface area contributed by atoms with Crippen molar-refractivity contribution < 1.29 is 14.0 Å². The molecule has 2 fully saturated rings. The number of rotatable bonds is 3. The summed E-state index contributed by atoms with van der Waals surface area (Å²) in [5.74, 6) is -0.158. The summed E-state index contributed by atoms with van der Waals surface area (Å²) < 4.78 is 13.7. The van der Waals surface area contributed by atoms with E-state index in [0.29, 0.717) is 32.1 Å². The lowest BCUT2D eigenvalue weighted by Crippen LogP contribution is -2.47. The highest BCUT2D eigenvalue weighted by atomic mass is 35.5. The quantitative estimate of drug-likeness (QED) is 0.839. The molecule has 3 amide bonds. The summed E-state index contributed by atoms with van der Waals surface area (Å²) in [5.41, 5.74) is 5.85. The molecule has 0 bridgehead atoms. The Morgan fingerprint density at radius 2 is 1.92 bits per heavy atom. The van der Waals surface area contributed by atoms with Gasteiger partial charge in [0, 0.05) is 26.2 Å². The number of anilines is 1. The van der Waals surface area contributed by atoms with Gasteiger partial charge in [-0.3, -0.25) is 4.79 Å². The Morgan fingerprint density at radius 3 is 2.62 bits per heavy atom. The summed E-state index contributed by atoms with van der Waals surface area (Å²) in [6.07, 6.45) is 2.51. The predicted octanol–water partition coefficient (Wildman–Crippen LogP) is 2.30. The first-order valence-corrected chi connectivity index (χ1v) is 8.87. The molecule has 0 radical (unpaired) electrons. The Kier molecular flexibility index (Phi) is 7.23. The van der Waals surface area contributed by atoms with Crippen LogP contribution in [-0.4, -0.2) is 54.5 Å². The van der Waals surface area contributed by atoms with E-state index >= 15 is 0 Å². The maximum Gasteiger partial charge on any atom is 0.321 e. The summed E-state index contributed by atoms with van der Waals surface area (Å²) in [6.45, 7) is 3.02. The average Bonchev–Trinajstić information content (AvgIpc) is 3.12. The fourth-order valence-electron chi connectivity index (χ4n) is 3.60. The lowest BCUT2D eigenvalue weighted by Gasteiger charge is -2.34. The van der Waals surface area contributed by atoms with Crippen LogP contribution in [0.3, 0.4) is 0 Å². The topological polar surface area (TPSA) is 78.7 Å². The van der Waals surface area contributed by atoms with Crippen LogP contribution < -0.4 is 11.1 Å². The molecular formula is C18H26ClFN4O2. The first-order chi connectivity index (χ1) is 12.1. The molecule has 2 heterocycles. The fraction of sp³-hybridized carbons (Fsp3) is 0.556. The fourth-order valence-corrected chi connectivity index (χ4v) is 3.60. The predicted molar refractivity (Wildman–Crippen MR) is 101 cm³/mol. The van der Waals surface area contributed by atoms with Gasteiger partial charge in [0.1, 0.15) is 5.82 Å². The van der Waals surface area contributed by atoms with Gasteiger partial charge in [-0.15, -0.1) is 12.4 Å². The molecule has 3 rings (SSSR count). The third-order valence-electron chi connectivity index (χ3n) is 5.10. The number of benzene rings is 1. The second-order valence-corrected chi connectivity index (χ2v) is 6.87. The minimum Gasteiger partial charge on any atom is -0.342 e. The summed E-state index contributed by atoms with van der Waals surface area (Å²) >= 11 is 0. The van der Waals surface area contributed by atoms with Gasteiger partial charge in [-0.25, -0.2) is 9.18 Å². The van der Waals surface area contributed by atoms with Crippen molar-refractivity contribution in [2.24, 2.45) is 17.6 Å². The monoisotopic (exact) mass is 384 g/mol. The Balaban J connectivity index is 0.00000243. The second-order valence-electron chi connectivity index (χ2n) is 6.87. The molecule has 1 aromatic carbocycles. The summed E-state index contributed by atoms with van der Waals surface area (Å²) in [7, 11) is 0. The number of carbonyl (C=O) groups is 2. The number of para-hydroxylation sites is 1. The second kappa shape index (κ2) is 9.19. The van der Waals surface area contributed by atoms with Gasteiger partial charge >= 0.3 is 6.03 Å². The van der Waals surface area contributed by atoms with Crippen molar-refractivity contribution in [3.05, 3.63) is 30.1 Å². The van der Waals surface area contributed by atoms with E-state index in [-0.39, 0.29) is 36.0 Å². The SMILES string of the molecule is Cl.NCC1CCN(C(=O)C2CCCN(C(=O)Nc3ccccc3F)C2)C1. The van der Waals surface area contributed by atoms with Crippen LogP contribution in [0.5, 0.6) is 0 Å². The van der Waals surface area contributed by atoms with Crippen LogP contribution >= 0.6 is 12.4 Å². The van der Waals surface area contributed by atoms with E-state index in [1.165, 1.54) is 12.1 Å². The van der Waals surface area contributed by atoms with Crippen LogP contribution in [0.15, 0.2) is 24.3 Å². The van der Waals surface area contributed by atoms with Crippen molar-refractivity contribution in [2.75, 3.05) is 38.0 Å². The highest BCUT2D eigenvalue weighted by Crippen LogP contribution is 2.24. The van der Waals surface area contributed by atoms with Crippen molar-refractivity contribution in [3.63, 3.8) is 0 Å². The third kappa shape index (κ3) is 4.65. The Hall–Kier alpha value is -1.86. The standard InChI is InChI=1S/C18H25FN4O2.ClH/c19-15-5-1-2-6-16(15)21-18(25)23-8-3-4-14(12-23)17(24)22-9-7-13(10-20)11-22;/h1-2,5-6,13-14H,3-4,7-12,20H2,(H,21,25);1H. The van der Waals surface area contributed by atoms with Gasteiger partial charge in [0.05, 0.1) is 11.6 Å². The first kappa shape index (κ1) is 20.5. The molecule has 0 spiro atoms. The molecule has 0 aliphatic carbocycles. The van der Waals surface area contributed by atoms with Gasteiger partial charge < -0.3 is 20.9 Å². The number of nitrogens with two attached hydrogens (primary N) is 1. The van der Waals surface area contributed by atoms with Crippen molar-refractivity contribution in [1.29, 1.82) is 0 Å². The Labute approximate surface area is 159 Å². The zero-order valence-corrected chi connectivity index (χ0v) is 15.5. The zero-order valence-electron chi connectivity index (χ0n) is 14.7. The molecule has 0 saturated carbocycles. The first-order valence-electron chi connectivity index (χ1n) is 8.87. The van der Waals surface area contributed by atoms with E-state index in [4.69, 9.17) is 5.73 Å². The Bertz CT molecular complexity index is 645. The van der Waals surface area contributed by atoms with Crippen LogP contribution in [0.4, 0.5) is 14.9 Å². The minimum atomic E-state index is -0.467. The van der Waals surface area contributed by atoms with E-state index in [1.807, 2.05) is 4.90 Å². The largest absolute Gasteiger partial charge is 0.342 e. The number of hydrogen-bond donors (Lipinski definition) is 2. The molecule has 3 N–H and O–H groups in total. The zero-order chi connectivity index (χ0) is 17.8. The number of piperidine rings is 1. The molecular weight excluding hydrogens is 359 g/mol. The van der Waals surface area contributed by atoms with E-state index in [2.05, 4.69) is 5.32 Å². The molecule has 144 valence electrons. The molecule has 1 aromatic rings. The lowest BCUT2D eigenvalue weighted by molar-refractivity contribution is -0.135. The van der Waals surface area contributed by atoms with Gasteiger partial charge in [0.15, 0.2) is 0 Å².